The smallest absolute Gasteiger partial charge is 0.255 e. The SMILES string of the molecule is Cc1ccc(C(=O)NC(Cc2ccccc2)C(=O)N2CCN(C(=O)c3ccc(Cl)cc3Cl)C(C)C2)cc1. The number of carbonyl (C=O) groups is 3. The summed E-state index contributed by atoms with van der Waals surface area (Å²) in [6, 6.07) is 20.7. The number of hydrogen-bond donors (Lipinski definition) is 1. The molecule has 6 nitrogen and oxygen atoms in total. The maximum atomic E-state index is 13.7. The molecular formula is C29H29Cl2N3O3. The van der Waals surface area contributed by atoms with Crippen molar-refractivity contribution in [1.82, 2.24) is 15.1 Å². The summed E-state index contributed by atoms with van der Waals surface area (Å²) in [5, 5.41) is 3.70. The van der Waals surface area contributed by atoms with E-state index in [1.807, 2.05) is 56.3 Å². The normalized spacial score (nSPS) is 16.3. The summed E-state index contributed by atoms with van der Waals surface area (Å²) in [5.41, 5.74) is 2.88. The van der Waals surface area contributed by atoms with Crippen molar-refractivity contribution >= 4 is 40.9 Å². The van der Waals surface area contributed by atoms with Gasteiger partial charge in [-0.1, -0.05) is 71.2 Å². The maximum Gasteiger partial charge on any atom is 0.255 e. The van der Waals surface area contributed by atoms with Gasteiger partial charge in [0.2, 0.25) is 5.91 Å². The van der Waals surface area contributed by atoms with E-state index in [2.05, 4.69) is 5.32 Å². The lowest BCUT2D eigenvalue weighted by atomic mass is 10.0. The van der Waals surface area contributed by atoms with Crippen LogP contribution in [0.5, 0.6) is 0 Å². The minimum atomic E-state index is -0.739. The molecule has 3 aromatic carbocycles. The molecule has 0 radical (unpaired) electrons. The van der Waals surface area contributed by atoms with Crippen LogP contribution in [0.15, 0.2) is 72.8 Å². The Labute approximate surface area is 227 Å². The molecule has 1 heterocycles. The van der Waals surface area contributed by atoms with E-state index in [1.54, 1.807) is 40.1 Å². The molecule has 1 aliphatic heterocycles. The first kappa shape index (κ1) is 26.7. The Balaban J connectivity index is 1.48. The number of hydrogen-bond acceptors (Lipinski definition) is 3. The summed E-state index contributed by atoms with van der Waals surface area (Å²) in [6.07, 6.45) is 0.366. The first-order chi connectivity index (χ1) is 17.7. The zero-order valence-electron chi connectivity index (χ0n) is 20.8. The summed E-state index contributed by atoms with van der Waals surface area (Å²) in [4.78, 5) is 43.3. The zero-order chi connectivity index (χ0) is 26.5. The molecule has 1 saturated heterocycles. The standard InChI is InChI=1S/C29H29Cl2N3O3/c1-19-8-10-22(11-9-19)27(35)32-26(16-21-6-4-3-5-7-21)29(37)33-14-15-34(20(2)18-33)28(36)24-13-12-23(30)17-25(24)31/h3-13,17,20,26H,14-16,18H2,1-2H3,(H,32,35). The molecule has 0 bridgehead atoms. The molecule has 1 N–H and O–H groups in total. The van der Waals surface area contributed by atoms with E-state index in [4.69, 9.17) is 23.2 Å². The van der Waals surface area contributed by atoms with Crippen molar-refractivity contribution in [3.8, 4) is 0 Å². The monoisotopic (exact) mass is 537 g/mol. The third kappa shape index (κ3) is 6.51. The number of nitrogens with one attached hydrogen (secondary N) is 1. The third-order valence-electron chi connectivity index (χ3n) is 6.56. The highest BCUT2D eigenvalue weighted by Gasteiger charge is 2.34. The predicted molar refractivity (Wildman–Crippen MR) is 146 cm³/mol. The van der Waals surface area contributed by atoms with E-state index in [0.717, 1.165) is 11.1 Å². The topological polar surface area (TPSA) is 69.7 Å². The van der Waals surface area contributed by atoms with E-state index >= 15 is 0 Å². The number of rotatable bonds is 6. The van der Waals surface area contributed by atoms with Crippen LogP contribution < -0.4 is 5.32 Å². The van der Waals surface area contributed by atoms with Gasteiger partial charge in [0.15, 0.2) is 0 Å². The van der Waals surface area contributed by atoms with E-state index in [0.29, 0.717) is 47.2 Å². The molecule has 3 amide bonds. The Morgan fingerprint density at radius 3 is 2.32 bits per heavy atom. The lowest BCUT2D eigenvalue weighted by Crippen LogP contribution is -2.59. The second-order valence-corrected chi connectivity index (χ2v) is 10.2. The first-order valence-electron chi connectivity index (χ1n) is 12.2. The minimum Gasteiger partial charge on any atom is -0.340 e. The van der Waals surface area contributed by atoms with Crippen molar-refractivity contribution in [1.29, 1.82) is 0 Å². The number of nitrogens with zero attached hydrogens (tertiary/aromatic N) is 2. The molecule has 2 atom stereocenters. The van der Waals surface area contributed by atoms with Crippen molar-refractivity contribution in [3.63, 3.8) is 0 Å². The van der Waals surface area contributed by atoms with E-state index in [-0.39, 0.29) is 23.8 Å². The van der Waals surface area contributed by atoms with Crippen LogP contribution in [0.25, 0.3) is 0 Å². The summed E-state index contributed by atoms with van der Waals surface area (Å²) in [5.74, 6) is -0.670. The molecule has 192 valence electrons. The molecule has 1 fully saturated rings. The Morgan fingerprint density at radius 2 is 1.68 bits per heavy atom. The van der Waals surface area contributed by atoms with Gasteiger partial charge in [0.05, 0.1) is 10.6 Å². The summed E-state index contributed by atoms with van der Waals surface area (Å²) >= 11 is 12.2. The third-order valence-corrected chi connectivity index (χ3v) is 7.11. The molecule has 8 heteroatoms. The second-order valence-electron chi connectivity index (χ2n) is 9.34. The van der Waals surface area contributed by atoms with Gasteiger partial charge in [-0.3, -0.25) is 14.4 Å². The number of piperazine rings is 1. The molecule has 0 saturated carbocycles. The van der Waals surface area contributed by atoms with Crippen LogP contribution in [-0.4, -0.2) is 59.2 Å². The van der Waals surface area contributed by atoms with Gasteiger partial charge in [0.25, 0.3) is 11.8 Å². The van der Waals surface area contributed by atoms with Crippen molar-refractivity contribution in [2.45, 2.75) is 32.4 Å². The highest BCUT2D eigenvalue weighted by molar-refractivity contribution is 6.36. The number of amides is 3. The van der Waals surface area contributed by atoms with Gasteiger partial charge in [-0.25, -0.2) is 0 Å². The fourth-order valence-electron chi connectivity index (χ4n) is 4.49. The summed E-state index contributed by atoms with van der Waals surface area (Å²) in [6.45, 7) is 4.91. The number of benzene rings is 3. The number of aryl methyl sites for hydroxylation is 1. The Hall–Kier alpha value is -3.35. The lowest BCUT2D eigenvalue weighted by molar-refractivity contribution is -0.135. The van der Waals surface area contributed by atoms with Crippen molar-refractivity contribution in [2.75, 3.05) is 19.6 Å². The number of carbonyl (C=O) groups excluding carboxylic acids is 3. The van der Waals surface area contributed by atoms with Gasteiger partial charge < -0.3 is 15.1 Å². The molecule has 1 aliphatic rings. The average Bonchev–Trinajstić information content (AvgIpc) is 2.88. The quantitative estimate of drug-likeness (QED) is 0.480. The van der Waals surface area contributed by atoms with Gasteiger partial charge in [-0.15, -0.1) is 0 Å². The van der Waals surface area contributed by atoms with Crippen LogP contribution in [0.3, 0.4) is 0 Å². The molecule has 37 heavy (non-hydrogen) atoms. The molecule has 0 spiro atoms. The lowest BCUT2D eigenvalue weighted by Gasteiger charge is -2.41. The van der Waals surface area contributed by atoms with Crippen LogP contribution in [0.2, 0.25) is 10.0 Å². The average molecular weight is 538 g/mol. The fraction of sp³-hybridized carbons (Fsp3) is 0.276. The molecule has 0 aliphatic carbocycles. The predicted octanol–water partition coefficient (Wildman–Crippen LogP) is 5.02. The van der Waals surface area contributed by atoms with E-state index in [1.165, 1.54) is 0 Å². The molecule has 0 aromatic heterocycles. The summed E-state index contributed by atoms with van der Waals surface area (Å²) < 4.78 is 0. The first-order valence-corrected chi connectivity index (χ1v) is 12.9. The van der Waals surface area contributed by atoms with Crippen molar-refractivity contribution in [3.05, 3.63) is 105 Å². The van der Waals surface area contributed by atoms with Crippen molar-refractivity contribution in [2.24, 2.45) is 0 Å². The molecule has 2 unspecified atom stereocenters. The van der Waals surface area contributed by atoms with Crippen LogP contribution in [0.1, 0.15) is 38.8 Å². The van der Waals surface area contributed by atoms with Gasteiger partial charge in [0.1, 0.15) is 6.04 Å². The summed E-state index contributed by atoms with van der Waals surface area (Å²) in [7, 11) is 0. The molecular weight excluding hydrogens is 509 g/mol. The van der Waals surface area contributed by atoms with Gasteiger partial charge in [-0.05, 0) is 49.7 Å². The van der Waals surface area contributed by atoms with E-state index < -0.39 is 6.04 Å². The Morgan fingerprint density at radius 1 is 0.973 bits per heavy atom. The molecule has 4 rings (SSSR count). The highest BCUT2D eigenvalue weighted by atomic mass is 35.5. The van der Waals surface area contributed by atoms with Crippen LogP contribution in [0, 0.1) is 6.92 Å². The maximum absolute atomic E-state index is 13.7. The zero-order valence-corrected chi connectivity index (χ0v) is 22.3. The Bertz CT molecular complexity index is 1280. The molecule has 3 aromatic rings. The van der Waals surface area contributed by atoms with Crippen LogP contribution in [0.4, 0.5) is 0 Å². The highest BCUT2D eigenvalue weighted by Crippen LogP contribution is 2.24. The van der Waals surface area contributed by atoms with E-state index in [9.17, 15) is 14.4 Å². The van der Waals surface area contributed by atoms with Gasteiger partial charge in [0, 0.05) is 42.7 Å². The van der Waals surface area contributed by atoms with Crippen molar-refractivity contribution < 1.29 is 14.4 Å². The van der Waals surface area contributed by atoms with Crippen LogP contribution >= 0.6 is 23.2 Å². The largest absolute Gasteiger partial charge is 0.340 e. The number of halogens is 2. The second kappa shape index (κ2) is 11.8. The van der Waals surface area contributed by atoms with Crippen LogP contribution in [-0.2, 0) is 11.2 Å². The fourth-order valence-corrected chi connectivity index (χ4v) is 4.98. The van der Waals surface area contributed by atoms with Gasteiger partial charge in [-0.2, -0.15) is 0 Å². The Kier molecular flexibility index (Phi) is 8.52. The van der Waals surface area contributed by atoms with Gasteiger partial charge >= 0.3 is 0 Å². The minimum absolute atomic E-state index is 0.173.